The molecule has 1 saturated heterocycles. The van der Waals surface area contributed by atoms with Crippen molar-refractivity contribution in [2.75, 3.05) is 26.2 Å². The van der Waals surface area contributed by atoms with Gasteiger partial charge in [0.25, 0.3) is 0 Å². The van der Waals surface area contributed by atoms with E-state index in [4.69, 9.17) is 0 Å². The van der Waals surface area contributed by atoms with E-state index in [0.29, 0.717) is 0 Å². The van der Waals surface area contributed by atoms with Crippen molar-refractivity contribution in [2.24, 2.45) is 0 Å². The van der Waals surface area contributed by atoms with Gasteiger partial charge in [-0.2, -0.15) is 0 Å². The number of nitrogens with one attached hydrogen (secondary N) is 1. The Hall–Kier alpha value is -3.20. The predicted octanol–water partition coefficient (Wildman–Crippen LogP) is 5.55. The van der Waals surface area contributed by atoms with Gasteiger partial charge in [0.15, 0.2) is 0 Å². The quantitative estimate of drug-likeness (QED) is 0.439. The normalized spacial score (nSPS) is 15.0. The van der Waals surface area contributed by atoms with Crippen LogP contribution in [0.2, 0.25) is 0 Å². The van der Waals surface area contributed by atoms with E-state index >= 15 is 0 Å². The molecule has 5 rings (SSSR count). The third kappa shape index (κ3) is 3.59. The standard InChI is InChI=1S/C29H28N2/c1-4-12-24(13-5-1)27-18-10-11-19-28(27)29(25-14-6-2-7-15-25,26-16-8-3-9-17-26)31-22-20-30-21-23-31/h1-19,30H,20-23H2. The molecule has 1 aliphatic heterocycles. The zero-order valence-corrected chi connectivity index (χ0v) is 17.7. The van der Waals surface area contributed by atoms with Gasteiger partial charge in [0.05, 0.1) is 5.54 Å². The van der Waals surface area contributed by atoms with Gasteiger partial charge < -0.3 is 5.32 Å². The van der Waals surface area contributed by atoms with Crippen LogP contribution in [0.1, 0.15) is 16.7 Å². The molecule has 0 amide bonds. The van der Waals surface area contributed by atoms with Crippen molar-refractivity contribution in [3.63, 3.8) is 0 Å². The molecule has 4 aromatic rings. The second kappa shape index (κ2) is 8.89. The van der Waals surface area contributed by atoms with Gasteiger partial charge in [-0.1, -0.05) is 115 Å². The monoisotopic (exact) mass is 404 g/mol. The van der Waals surface area contributed by atoms with Gasteiger partial charge in [-0.05, 0) is 27.8 Å². The number of nitrogens with zero attached hydrogens (tertiary/aromatic N) is 1. The van der Waals surface area contributed by atoms with Crippen LogP contribution < -0.4 is 5.32 Å². The van der Waals surface area contributed by atoms with Crippen molar-refractivity contribution in [3.05, 3.63) is 132 Å². The first kappa shape index (κ1) is 19.7. The lowest BCUT2D eigenvalue weighted by molar-refractivity contribution is 0.137. The Balaban J connectivity index is 1.86. The van der Waals surface area contributed by atoms with E-state index in [9.17, 15) is 0 Å². The zero-order valence-electron chi connectivity index (χ0n) is 17.7. The number of hydrogen-bond acceptors (Lipinski definition) is 2. The molecule has 0 spiro atoms. The van der Waals surface area contributed by atoms with Crippen LogP contribution in [0.15, 0.2) is 115 Å². The van der Waals surface area contributed by atoms with Crippen LogP contribution in [0.4, 0.5) is 0 Å². The highest BCUT2D eigenvalue weighted by atomic mass is 15.2. The van der Waals surface area contributed by atoms with Gasteiger partial charge in [-0.25, -0.2) is 0 Å². The third-order valence-corrected chi connectivity index (χ3v) is 6.38. The molecule has 0 bridgehead atoms. The molecule has 0 atom stereocenters. The summed E-state index contributed by atoms with van der Waals surface area (Å²) in [6.45, 7) is 3.98. The number of benzene rings is 4. The van der Waals surface area contributed by atoms with Crippen LogP contribution in [0.25, 0.3) is 11.1 Å². The largest absolute Gasteiger partial charge is 0.314 e. The fourth-order valence-electron chi connectivity index (χ4n) is 5.04. The van der Waals surface area contributed by atoms with Gasteiger partial charge in [0, 0.05) is 26.2 Å². The van der Waals surface area contributed by atoms with Gasteiger partial charge in [-0.15, -0.1) is 0 Å². The minimum Gasteiger partial charge on any atom is -0.314 e. The lowest BCUT2D eigenvalue weighted by Gasteiger charge is -2.48. The van der Waals surface area contributed by atoms with Gasteiger partial charge >= 0.3 is 0 Å². The molecule has 1 aliphatic rings. The van der Waals surface area contributed by atoms with Crippen LogP contribution >= 0.6 is 0 Å². The van der Waals surface area contributed by atoms with E-state index in [-0.39, 0.29) is 5.54 Å². The fraction of sp³-hybridized carbons (Fsp3) is 0.172. The van der Waals surface area contributed by atoms with Crippen LogP contribution in [-0.2, 0) is 5.54 Å². The summed E-state index contributed by atoms with van der Waals surface area (Å²) < 4.78 is 0. The first-order valence-corrected chi connectivity index (χ1v) is 11.1. The number of piperazine rings is 1. The Labute approximate surface area is 185 Å². The smallest absolute Gasteiger partial charge is 0.0979 e. The lowest BCUT2D eigenvalue weighted by atomic mass is 9.72. The maximum atomic E-state index is 3.55. The highest BCUT2D eigenvalue weighted by Crippen LogP contribution is 2.46. The Morgan fingerprint density at radius 1 is 0.548 bits per heavy atom. The Morgan fingerprint density at radius 3 is 1.61 bits per heavy atom. The Bertz CT molecular complexity index is 1060. The van der Waals surface area contributed by atoms with Crippen molar-refractivity contribution < 1.29 is 0 Å². The first-order chi connectivity index (χ1) is 15.4. The highest BCUT2D eigenvalue weighted by Gasteiger charge is 2.43. The van der Waals surface area contributed by atoms with Crippen molar-refractivity contribution in [2.45, 2.75) is 5.54 Å². The van der Waals surface area contributed by atoms with E-state index in [0.717, 1.165) is 26.2 Å². The molecule has 0 saturated carbocycles. The minimum atomic E-state index is -0.364. The van der Waals surface area contributed by atoms with E-state index in [1.807, 2.05) is 0 Å². The molecule has 1 N–H and O–H groups in total. The van der Waals surface area contributed by atoms with Crippen molar-refractivity contribution >= 4 is 0 Å². The van der Waals surface area contributed by atoms with E-state index in [2.05, 4.69) is 125 Å². The SMILES string of the molecule is c1ccc(-c2ccccc2C(c2ccccc2)(c2ccccc2)N2CCNCC2)cc1. The minimum absolute atomic E-state index is 0.364. The third-order valence-electron chi connectivity index (χ3n) is 6.38. The summed E-state index contributed by atoms with van der Waals surface area (Å²) in [4.78, 5) is 2.66. The molecule has 31 heavy (non-hydrogen) atoms. The Kier molecular flexibility index (Phi) is 5.66. The maximum Gasteiger partial charge on any atom is 0.0979 e. The second-order valence-corrected chi connectivity index (χ2v) is 8.09. The topological polar surface area (TPSA) is 15.3 Å². The summed E-state index contributed by atoms with van der Waals surface area (Å²) in [6, 6.07) is 41.8. The molecule has 0 aromatic heterocycles. The average Bonchev–Trinajstić information content (AvgIpc) is 2.87. The molecule has 1 heterocycles. The van der Waals surface area contributed by atoms with Gasteiger partial charge in [0.2, 0.25) is 0 Å². The van der Waals surface area contributed by atoms with Crippen LogP contribution in [0.5, 0.6) is 0 Å². The molecule has 4 aromatic carbocycles. The molecule has 154 valence electrons. The zero-order chi connectivity index (χ0) is 20.9. The van der Waals surface area contributed by atoms with Crippen LogP contribution in [0.3, 0.4) is 0 Å². The summed E-state index contributed by atoms with van der Waals surface area (Å²) >= 11 is 0. The van der Waals surface area contributed by atoms with Crippen LogP contribution in [-0.4, -0.2) is 31.1 Å². The second-order valence-electron chi connectivity index (χ2n) is 8.09. The predicted molar refractivity (Wildman–Crippen MR) is 129 cm³/mol. The number of rotatable bonds is 5. The van der Waals surface area contributed by atoms with Gasteiger partial charge in [0.1, 0.15) is 0 Å². The molecule has 0 unspecified atom stereocenters. The molecule has 0 aliphatic carbocycles. The summed E-state index contributed by atoms with van der Waals surface area (Å²) in [5, 5.41) is 3.55. The summed E-state index contributed by atoms with van der Waals surface area (Å²) in [5.74, 6) is 0. The molecular weight excluding hydrogens is 376 g/mol. The lowest BCUT2D eigenvalue weighted by Crippen LogP contribution is -2.55. The van der Waals surface area contributed by atoms with E-state index in [1.54, 1.807) is 0 Å². The summed E-state index contributed by atoms with van der Waals surface area (Å²) in [5.41, 5.74) is 6.13. The van der Waals surface area contributed by atoms with E-state index in [1.165, 1.54) is 27.8 Å². The molecular formula is C29H28N2. The van der Waals surface area contributed by atoms with Gasteiger partial charge in [-0.3, -0.25) is 4.90 Å². The summed E-state index contributed by atoms with van der Waals surface area (Å²) in [7, 11) is 0. The molecule has 2 heteroatoms. The molecule has 0 radical (unpaired) electrons. The molecule has 2 nitrogen and oxygen atoms in total. The van der Waals surface area contributed by atoms with Crippen LogP contribution in [0, 0.1) is 0 Å². The van der Waals surface area contributed by atoms with Crippen molar-refractivity contribution in [1.82, 2.24) is 10.2 Å². The molecule has 1 fully saturated rings. The first-order valence-electron chi connectivity index (χ1n) is 11.1. The maximum absolute atomic E-state index is 3.55. The fourth-order valence-corrected chi connectivity index (χ4v) is 5.04. The van der Waals surface area contributed by atoms with Crippen molar-refractivity contribution in [3.8, 4) is 11.1 Å². The van der Waals surface area contributed by atoms with E-state index < -0.39 is 0 Å². The van der Waals surface area contributed by atoms with Crippen molar-refractivity contribution in [1.29, 1.82) is 0 Å². The summed E-state index contributed by atoms with van der Waals surface area (Å²) in [6.07, 6.45) is 0. The Morgan fingerprint density at radius 2 is 1.03 bits per heavy atom. The number of hydrogen-bond donors (Lipinski definition) is 1. The highest BCUT2D eigenvalue weighted by molar-refractivity contribution is 5.72. The average molecular weight is 405 g/mol.